The first-order chi connectivity index (χ1) is 6.49. The number of pyridine rings is 1. The maximum absolute atomic E-state index is 11.8. The van der Waals surface area contributed by atoms with E-state index in [1.54, 1.807) is 19.2 Å². The Labute approximate surface area is 85.9 Å². The predicted molar refractivity (Wildman–Crippen MR) is 50.2 cm³/mol. The normalized spacial score (nSPS) is 10.7. The van der Waals surface area contributed by atoms with E-state index in [1.165, 1.54) is 6.20 Å². The number of hydrogen-bond acceptors (Lipinski definition) is 3. The van der Waals surface area contributed by atoms with Crippen LogP contribution in [0.15, 0.2) is 18.5 Å². The highest BCUT2D eigenvalue weighted by atomic mass is 19.4. The molecule has 0 aromatic carbocycles. The number of hydrogen-bond donors (Lipinski definition) is 1. The molecule has 0 bridgehead atoms. The van der Waals surface area contributed by atoms with Crippen LogP contribution in [0, 0.1) is 6.92 Å². The van der Waals surface area contributed by atoms with Gasteiger partial charge in [0.1, 0.15) is 5.75 Å². The molecule has 3 nitrogen and oxygen atoms in total. The summed E-state index contributed by atoms with van der Waals surface area (Å²) in [6, 6.07) is 1.68. The molecule has 1 heterocycles. The molecule has 15 heavy (non-hydrogen) atoms. The van der Waals surface area contributed by atoms with Gasteiger partial charge in [0.15, 0.2) is 0 Å². The van der Waals surface area contributed by atoms with Crippen LogP contribution >= 0.6 is 0 Å². The molecule has 0 spiro atoms. The Hall–Kier alpha value is -1.30. The highest BCUT2D eigenvalue weighted by Gasteiger charge is 2.26. The van der Waals surface area contributed by atoms with Crippen molar-refractivity contribution in [2.45, 2.75) is 19.5 Å². The second-order valence-corrected chi connectivity index (χ2v) is 2.85. The standard InChI is InChI=1S/C9H10F3NO.H3N/c1-7-2-4-13-6-8(7)14-5-3-9(10,11)12;/h2,4,6H,3,5H2,1H3;1H3. The minimum atomic E-state index is -4.17. The lowest BCUT2D eigenvalue weighted by atomic mass is 10.3. The van der Waals surface area contributed by atoms with E-state index in [9.17, 15) is 13.2 Å². The highest BCUT2D eigenvalue weighted by molar-refractivity contribution is 5.27. The third-order valence-corrected chi connectivity index (χ3v) is 1.63. The molecule has 0 unspecified atom stereocenters. The quantitative estimate of drug-likeness (QED) is 0.855. The van der Waals surface area contributed by atoms with Crippen LogP contribution in [0.25, 0.3) is 0 Å². The van der Waals surface area contributed by atoms with Gasteiger partial charge in [0.25, 0.3) is 0 Å². The number of aromatic nitrogens is 1. The molecule has 1 rings (SSSR count). The lowest BCUT2D eigenvalue weighted by Crippen LogP contribution is -2.13. The molecule has 3 N–H and O–H groups in total. The fourth-order valence-electron chi connectivity index (χ4n) is 0.877. The van der Waals surface area contributed by atoms with Crippen LogP contribution < -0.4 is 10.9 Å². The molecule has 0 fully saturated rings. The Kier molecular flexibility index (Phi) is 5.07. The van der Waals surface area contributed by atoms with Crippen LogP contribution in [0.3, 0.4) is 0 Å². The number of halogens is 3. The molecule has 0 aliphatic heterocycles. The van der Waals surface area contributed by atoms with E-state index < -0.39 is 12.6 Å². The smallest absolute Gasteiger partial charge is 0.392 e. The summed E-state index contributed by atoms with van der Waals surface area (Å²) in [7, 11) is 0. The van der Waals surface area contributed by atoms with E-state index in [2.05, 4.69) is 4.98 Å². The van der Waals surface area contributed by atoms with Gasteiger partial charge in [0.05, 0.1) is 19.2 Å². The van der Waals surface area contributed by atoms with Crippen molar-refractivity contribution in [3.8, 4) is 5.75 Å². The molecule has 0 saturated heterocycles. The lowest BCUT2D eigenvalue weighted by molar-refractivity contribution is -0.139. The van der Waals surface area contributed by atoms with Crippen molar-refractivity contribution in [2.75, 3.05) is 6.61 Å². The molecule has 0 saturated carbocycles. The summed E-state index contributed by atoms with van der Waals surface area (Å²) in [6.07, 6.45) is -2.14. The third-order valence-electron chi connectivity index (χ3n) is 1.63. The summed E-state index contributed by atoms with van der Waals surface area (Å²) < 4.78 is 40.2. The van der Waals surface area contributed by atoms with Gasteiger partial charge in [-0.3, -0.25) is 4.98 Å². The van der Waals surface area contributed by atoms with Crippen LogP contribution in [0.4, 0.5) is 13.2 Å². The molecule has 0 amide bonds. The monoisotopic (exact) mass is 222 g/mol. The number of nitrogens with zero attached hydrogens (tertiary/aromatic N) is 1. The third kappa shape index (κ3) is 5.21. The Morgan fingerprint density at radius 3 is 2.60 bits per heavy atom. The van der Waals surface area contributed by atoms with E-state index >= 15 is 0 Å². The van der Waals surface area contributed by atoms with Gasteiger partial charge in [-0.15, -0.1) is 0 Å². The van der Waals surface area contributed by atoms with Crippen LogP contribution in [0.1, 0.15) is 12.0 Å². The van der Waals surface area contributed by atoms with Crippen molar-refractivity contribution in [3.05, 3.63) is 24.0 Å². The molecule has 0 aliphatic carbocycles. The van der Waals surface area contributed by atoms with E-state index in [4.69, 9.17) is 4.74 Å². The van der Waals surface area contributed by atoms with Gasteiger partial charge in [0, 0.05) is 6.20 Å². The number of alkyl halides is 3. The summed E-state index contributed by atoms with van der Waals surface area (Å²) in [6.45, 7) is 1.39. The second kappa shape index (κ2) is 5.55. The zero-order chi connectivity index (χ0) is 10.6. The largest absolute Gasteiger partial charge is 0.491 e. The van der Waals surface area contributed by atoms with Gasteiger partial charge < -0.3 is 10.9 Å². The SMILES string of the molecule is Cc1ccncc1OCCC(F)(F)F.N. The fraction of sp³-hybridized carbons (Fsp3) is 0.444. The van der Waals surface area contributed by atoms with E-state index in [0.717, 1.165) is 5.56 Å². The maximum atomic E-state index is 11.8. The van der Waals surface area contributed by atoms with Gasteiger partial charge in [-0.1, -0.05) is 0 Å². The Morgan fingerprint density at radius 2 is 2.07 bits per heavy atom. The summed E-state index contributed by atoms with van der Waals surface area (Å²) in [5, 5.41) is 0. The molecule has 0 radical (unpaired) electrons. The number of ether oxygens (including phenoxy) is 1. The van der Waals surface area contributed by atoms with Crippen LogP contribution in [0.5, 0.6) is 5.75 Å². The van der Waals surface area contributed by atoms with Crippen molar-refractivity contribution in [1.29, 1.82) is 0 Å². The minimum absolute atomic E-state index is 0. The molecule has 1 aromatic rings. The topological polar surface area (TPSA) is 57.1 Å². The van der Waals surface area contributed by atoms with Gasteiger partial charge in [-0.25, -0.2) is 0 Å². The van der Waals surface area contributed by atoms with Crippen LogP contribution in [-0.4, -0.2) is 17.8 Å². The Morgan fingerprint density at radius 1 is 1.40 bits per heavy atom. The molecule has 0 atom stereocenters. The summed E-state index contributed by atoms with van der Waals surface area (Å²) in [4.78, 5) is 3.75. The fourth-order valence-corrected chi connectivity index (χ4v) is 0.877. The van der Waals surface area contributed by atoms with E-state index in [0.29, 0.717) is 5.75 Å². The number of aryl methyl sites for hydroxylation is 1. The lowest BCUT2D eigenvalue weighted by Gasteiger charge is -2.09. The molecule has 6 heteroatoms. The average Bonchev–Trinajstić information content (AvgIpc) is 2.06. The summed E-state index contributed by atoms with van der Waals surface area (Å²) >= 11 is 0. The van der Waals surface area contributed by atoms with E-state index in [1.807, 2.05) is 0 Å². The van der Waals surface area contributed by atoms with Gasteiger partial charge >= 0.3 is 6.18 Å². The minimum Gasteiger partial charge on any atom is -0.491 e. The van der Waals surface area contributed by atoms with Gasteiger partial charge in [-0.2, -0.15) is 13.2 Å². The van der Waals surface area contributed by atoms with Crippen molar-refractivity contribution in [3.63, 3.8) is 0 Å². The van der Waals surface area contributed by atoms with E-state index in [-0.39, 0.29) is 12.8 Å². The molecular formula is C9H13F3N2O. The first-order valence-corrected chi connectivity index (χ1v) is 4.09. The summed E-state index contributed by atoms with van der Waals surface area (Å²) in [5.41, 5.74) is 0.780. The molecule has 0 aliphatic rings. The van der Waals surface area contributed by atoms with Gasteiger partial charge in [-0.05, 0) is 18.6 Å². The zero-order valence-electron chi connectivity index (χ0n) is 8.34. The van der Waals surface area contributed by atoms with Crippen molar-refractivity contribution < 1.29 is 17.9 Å². The van der Waals surface area contributed by atoms with Gasteiger partial charge in [0.2, 0.25) is 0 Å². The Bertz CT molecular complexity index is 302. The predicted octanol–water partition coefficient (Wildman–Crippen LogP) is 2.88. The molecular weight excluding hydrogens is 209 g/mol. The number of rotatable bonds is 3. The molecule has 1 aromatic heterocycles. The zero-order valence-corrected chi connectivity index (χ0v) is 8.34. The maximum Gasteiger partial charge on any atom is 0.392 e. The van der Waals surface area contributed by atoms with Crippen molar-refractivity contribution in [2.24, 2.45) is 0 Å². The summed E-state index contributed by atoms with van der Waals surface area (Å²) in [5.74, 6) is 0.400. The average molecular weight is 222 g/mol. The highest BCUT2D eigenvalue weighted by Crippen LogP contribution is 2.21. The van der Waals surface area contributed by atoms with Crippen LogP contribution in [-0.2, 0) is 0 Å². The van der Waals surface area contributed by atoms with Crippen molar-refractivity contribution in [1.82, 2.24) is 11.1 Å². The van der Waals surface area contributed by atoms with Crippen LogP contribution in [0.2, 0.25) is 0 Å². The second-order valence-electron chi connectivity index (χ2n) is 2.85. The molecule has 86 valence electrons. The van der Waals surface area contributed by atoms with Crippen molar-refractivity contribution >= 4 is 0 Å². The first kappa shape index (κ1) is 13.7. The Balaban J connectivity index is 0.00000196. The first-order valence-electron chi connectivity index (χ1n) is 4.09.